The van der Waals surface area contributed by atoms with Gasteiger partial charge in [0.1, 0.15) is 5.75 Å². The number of halogens is 2. The number of rotatable bonds is 6. The lowest BCUT2D eigenvalue weighted by atomic mass is 10.2. The number of aryl methyl sites for hydroxylation is 1. The normalized spacial score (nSPS) is 10.7. The minimum atomic E-state index is 0.469. The molecule has 0 unspecified atom stereocenters. The van der Waals surface area contributed by atoms with Crippen LogP contribution in [0.25, 0.3) is 0 Å². The Morgan fingerprint density at radius 1 is 1.38 bits per heavy atom. The molecule has 2 N–H and O–H groups in total. The van der Waals surface area contributed by atoms with Crippen molar-refractivity contribution < 1.29 is 4.74 Å². The Morgan fingerprint density at radius 3 is 2.81 bits per heavy atom. The van der Waals surface area contributed by atoms with E-state index in [1.54, 1.807) is 10.7 Å². The largest absolute Gasteiger partial charge is 0.492 e. The van der Waals surface area contributed by atoms with Crippen LogP contribution in [-0.2, 0) is 13.0 Å². The maximum atomic E-state index is 6.18. The summed E-state index contributed by atoms with van der Waals surface area (Å²) in [4.78, 5) is 0. The van der Waals surface area contributed by atoms with E-state index >= 15 is 0 Å². The number of benzene rings is 1. The van der Waals surface area contributed by atoms with Crippen molar-refractivity contribution in [3.63, 3.8) is 0 Å². The van der Waals surface area contributed by atoms with Crippen molar-refractivity contribution in [3.8, 4) is 5.75 Å². The lowest BCUT2D eigenvalue weighted by Gasteiger charge is -2.15. The molecule has 0 atom stereocenters. The maximum absolute atomic E-state index is 6.18. The molecule has 0 aliphatic carbocycles. The molecule has 0 fully saturated rings. The van der Waals surface area contributed by atoms with Gasteiger partial charge in [-0.1, -0.05) is 30.1 Å². The predicted molar refractivity (Wildman–Crippen MR) is 87.5 cm³/mol. The maximum Gasteiger partial charge on any atom is 0.214 e. The number of aromatic nitrogens is 3. The van der Waals surface area contributed by atoms with Gasteiger partial charge in [0.2, 0.25) is 4.77 Å². The Kier molecular flexibility index (Phi) is 5.50. The highest BCUT2D eigenvalue weighted by Crippen LogP contribution is 2.32. The molecular formula is C13H16Cl2N4OS. The molecule has 0 aliphatic rings. The fourth-order valence-corrected chi connectivity index (χ4v) is 2.75. The van der Waals surface area contributed by atoms with Crippen LogP contribution in [-0.4, -0.2) is 21.5 Å². The highest BCUT2D eigenvalue weighted by atomic mass is 35.5. The summed E-state index contributed by atoms with van der Waals surface area (Å²) in [5.41, 5.74) is 4.06. The number of nitrogens with one attached hydrogen (secondary N) is 2. The second-order valence-corrected chi connectivity index (χ2v) is 5.51. The van der Waals surface area contributed by atoms with Gasteiger partial charge >= 0.3 is 0 Å². The van der Waals surface area contributed by atoms with Crippen molar-refractivity contribution in [1.29, 1.82) is 0 Å². The standard InChI is InChI=1S/C13H16Cl2N4OS/c1-3-11-17-18-13(21)19(11)16-7-8-5-9(14)6-10(15)12(8)20-4-2/h5-6,16H,3-4,7H2,1-2H3,(H,18,21). The Bertz CT molecular complexity index is 683. The average Bonchev–Trinajstić information content (AvgIpc) is 2.80. The number of H-pyrrole nitrogens is 1. The van der Waals surface area contributed by atoms with Gasteiger partial charge in [-0.2, -0.15) is 5.10 Å². The molecule has 0 bridgehead atoms. The molecule has 21 heavy (non-hydrogen) atoms. The zero-order chi connectivity index (χ0) is 15.4. The SMILES string of the molecule is CCOc1c(Cl)cc(Cl)cc1CNn1c(CC)n[nH]c1=S. The van der Waals surface area contributed by atoms with E-state index in [-0.39, 0.29) is 0 Å². The van der Waals surface area contributed by atoms with E-state index in [1.165, 1.54) is 0 Å². The van der Waals surface area contributed by atoms with Gasteiger partial charge in [0, 0.05) is 17.0 Å². The summed E-state index contributed by atoms with van der Waals surface area (Å²) in [6.07, 6.45) is 0.759. The van der Waals surface area contributed by atoms with E-state index in [0.717, 1.165) is 17.8 Å². The minimum Gasteiger partial charge on any atom is -0.492 e. The van der Waals surface area contributed by atoms with Crippen molar-refractivity contribution in [1.82, 2.24) is 14.9 Å². The molecule has 1 aromatic carbocycles. The Hall–Kier alpha value is -1.24. The van der Waals surface area contributed by atoms with Gasteiger partial charge in [0.15, 0.2) is 5.82 Å². The highest BCUT2D eigenvalue weighted by molar-refractivity contribution is 7.71. The molecule has 0 spiro atoms. The molecular weight excluding hydrogens is 331 g/mol. The van der Waals surface area contributed by atoms with Crippen LogP contribution in [0.4, 0.5) is 0 Å². The van der Waals surface area contributed by atoms with Gasteiger partial charge in [0.25, 0.3) is 0 Å². The predicted octanol–water partition coefficient (Wildman–Crippen LogP) is 3.95. The summed E-state index contributed by atoms with van der Waals surface area (Å²) in [5, 5.41) is 7.95. The minimum absolute atomic E-state index is 0.469. The molecule has 2 rings (SSSR count). The monoisotopic (exact) mass is 346 g/mol. The van der Waals surface area contributed by atoms with Crippen molar-refractivity contribution >= 4 is 35.4 Å². The zero-order valence-electron chi connectivity index (χ0n) is 11.7. The first kappa shape index (κ1) is 16.1. The molecule has 1 aromatic heterocycles. The second-order valence-electron chi connectivity index (χ2n) is 4.28. The van der Waals surface area contributed by atoms with E-state index in [4.69, 9.17) is 40.2 Å². The van der Waals surface area contributed by atoms with Crippen LogP contribution < -0.4 is 10.2 Å². The second kappa shape index (κ2) is 7.15. The highest BCUT2D eigenvalue weighted by Gasteiger charge is 2.11. The molecule has 114 valence electrons. The van der Waals surface area contributed by atoms with Crippen molar-refractivity contribution in [2.75, 3.05) is 12.0 Å². The van der Waals surface area contributed by atoms with Crippen LogP contribution in [0.5, 0.6) is 5.75 Å². The zero-order valence-corrected chi connectivity index (χ0v) is 14.1. The molecule has 0 radical (unpaired) electrons. The Labute approximate surface area is 138 Å². The molecule has 0 aliphatic heterocycles. The summed E-state index contributed by atoms with van der Waals surface area (Å²) in [6, 6.07) is 3.49. The molecule has 2 aromatic rings. The van der Waals surface area contributed by atoms with Crippen LogP contribution >= 0.6 is 35.4 Å². The van der Waals surface area contributed by atoms with Gasteiger partial charge in [-0.05, 0) is 31.3 Å². The summed E-state index contributed by atoms with van der Waals surface area (Å²) in [5.74, 6) is 1.45. The van der Waals surface area contributed by atoms with Crippen molar-refractivity contribution in [2.45, 2.75) is 26.8 Å². The molecule has 0 saturated heterocycles. The molecule has 1 heterocycles. The first-order valence-electron chi connectivity index (χ1n) is 6.57. The first-order chi connectivity index (χ1) is 10.1. The van der Waals surface area contributed by atoms with Crippen LogP contribution in [0.3, 0.4) is 0 Å². The molecule has 0 amide bonds. The van der Waals surface area contributed by atoms with E-state index < -0.39 is 0 Å². The first-order valence-corrected chi connectivity index (χ1v) is 7.74. The average molecular weight is 347 g/mol. The van der Waals surface area contributed by atoms with Crippen LogP contribution in [0.2, 0.25) is 10.0 Å². The number of aromatic amines is 1. The third kappa shape index (κ3) is 3.70. The van der Waals surface area contributed by atoms with Gasteiger partial charge < -0.3 is 10.2 Å². The van der Waals surface area contributed by atoms with Crippen molar-refractivity contribution in [2.24, 2.45) is 0 Å². The van der Waals surface area contributed by atoms with Gasteiger partial charge in [-0.25, -0.2) is 4.68 Å². The third-order valence-electron chi connectivity index (χ3n) is 2.86. The van der Waals surface area contributed by atoms with Gasteiger partial charge in [-0.15, -0.1) is 0 Å². The van der Waals surface area contributed by atoms with Crippen LogP contribution in [0, 0.1) is 4.77 Å². The quantitative estimate of drug-likeness (QED) is 0.777. The topological polar surface area (TPSA) is 54.9 Å². The molecule has 0 saturated carbocycles. The van der Waals surface area contributed by atoms with E-state index in [9.17, 15) is 0 Å². The Balaban J connectivity index is 2.27. The van der Waals surface area contributed by atoms with Crippen LogP contribution in [0.15, 0.2) is 12.1 Å². The number of nitrogens with zero attached hydrogens (tertiary/aromatic N) is 2. The smallest absolute Gasteiger partial charge is 0.214 e. The van der Waals surface area contributed by atoms with E-state index in [2.05, 4.69) is 15.6 Å². The van der Waals surface area contributed by atoms with Gasteiger partial charge in [-0.3, -0.25) is 5.10 Å². The van der Waals surface area contributed by atoms with E-state index in [0.29, 0.717) is 33.7 Å². The summed E-state index contributed by atoms with van der Waals surface area (Å²) in [7, 11) is 0. The molecule has 8 heteroatoms. The van der Waals surface area contributed by atoms with Gasteiger partial charge in [0.05, 0.1) is 18.2 Å². The Morgan fingerprint density at radius 2 is 2.14 bits per heavy atom. The summed E-state index contributed by atoms with van der Waals surface area (Å²) < 4.78 is 7.84. The molecule has 5 nitrogen and oxygen atoms in total. The summed E-state index contributed by atoms with van der Waals surface area (Å²) >= 11 is 17.4. The summed E-state index contributed by atoms with van der Waals surface area (Å²) in [6.45, 7) is 4.91. The van der Waals surface area contributed by atoms with Crippen molar-refractivity contribution in [3.05, 3.63) is 38.3 Å². The number of ether oxygens (including phenoxy) is 1. The van der Waals surface area contributed by atoms with E-state index in [1.807, 2.05) is 19.9 Å². The number of hydrogen-bond acceptors (Lipinski definition) is 4. The number of hydrogen-bond donors (Lipinski definition) is 2. The fourth-order valence-electron chi connectivity index (χ4n) is 1.94. The fraction of sp³-hybridized carbons (Fsp3) is 0.385. The third-order valence-corrected chi connectivity index (χ3v) is 3.63. The lowest BCUT2D eigenvalue weighted by molar-refractivity contribution is 0.337. The lowest BCUT2D eigenvalue weighted by Crippen LogP contribution is -2.18. The van der Waals surface area contributed by atoms with Crippen LogP contribution in [0.1, 0.15) is 25.2 Å².